The maximum atomic E-state index is 11.1. The van der Waals surface area contributed by atoms with Crippen LogP contribution in [0.5, 0.6) is 0 Å². The Labute approximate surface area is 65.4 Å². The minimum Gasteiger partial charge on any atom is -0.710 e. The predicted octanol–water partition coefficient (Wildman–Crippen LogP) is -1.53. The van der Waals surface area contributed by atoms with Crippen LogP contribution in [0.25, 0.3) is 11.2 Å². The molecule has 0 atom stereocenters. The minimum absolute atomic E-state index is 0.0186. The molecule has 0 amide bonds. The molecule has 2 aromatic heterocycles. The molecular formula is C5H5N5O2. The molecule has 7 heteroatoms. The first-order valence-corrected chi connectivity index (χ1v) is 3.14. The first-order valence-electron chi connectivity index (χ1n) is 3.14. The normalized spacial score (nSPS) is 10.7. The van der Waals surface area contributed by atoms with Crippen LogP contribution in [0.1, 0.15) is 0 Å². The average molecular weight is 167 g/mol. The van der Waals surface area contributed by atoms with Crippen LogP contribution in [0.15, 0.2) is 11.1 Å². The zero-order chi connectivity index (χ0) is 8.72. The van der Waals surface area contributed by atoms with Gasteiger partial charge in [0.25, 0.3) is 11.2 Å². The molecule has 0 spiro atoms. The van der Waals surface area contributed by atoms with Gasteiger partial charge in [0, 0.05) is 0 Å². The van der Waals surface area contributed by atoms with Gasteiger partial charge in [-0.3, -0.25) is 9.78 Å². The third-order valence-electron chi connectivity index (χ3n) is 1.45. The number of nitrogens with zero attached hydrogens (tertiary/aromatic N) is 2. The average Bonchev–Trinajstić information content (AvgIpc) is 2.31. The van der Waals surface area contributed by atoms with Crippen LogP contribution >= 0.6 is 0 Å². The zero-order valence-corrected chi connectivity index (χ0v) is 5.87. The van der Waals surface area contributed by atoms with Gasteiger partial charge in [0.1, 0.15) is 0 Å². The Kier molecular flexibility index (Phi) is 1.09. The summed E-state index contributed by atoms with van der Waals surface area (Å²) in [6.45, 7) is 0. The van der Waals surface area contributed by atoms with E-state index < -0.39 is 5.56 Å². The smallest absolute Gasteiger partial charge is 0.304 e. The van der Waals surface area contributed by atoms with Crippen LogP contribution in [0, 0.1) is 5.21 Å². The standard InChI is InChI=1S/C5H5N5O2/c6-5-8-3-2(4(11)9-5)10(12)1-7-3/h1H,(H4,6,7,8,9,11). The fourth-order valence-electron chi connectivity index (χ4n) is 0.974. The molecule has 0 aromatic carbocycles. The van der Waals surface area contributed by atoms with Crippen molar-refractivity contribution in [2.75, 3.05) is 5.73 Å². The number of aromatic nitrogens is 4. The fraction of sp³-hybridized carbons (Fsp3) is 0. The van der Waals surface area contributed by atoms with Crippen molar-refractivity contribution in [2.45, 2.75) is 0 Å². The Morgan fingerprint density at radius 1 is 1.67 bits per heavy atom. The number of H-pyrrole nitrogens is 2. The van der Waals surface area contributed by atoms with E-state index in [1.165, 1.54) is 0 Å². The van der Waals surface area contributed by atoms with Gasteiger partial charge in [-0.2, -0.15) is 4.98 Å². The Morgan fingerprint density at radius 3 is 3.17 bits per heavy atom. The first kappa shape index (κ1) is 6.65. The molecule has 0 aliphatic carbocycles. The molecule has 7 nitrogen and oxygen atoms in total. The largest absolute Gasteiger partial charge is 0.710 e. The Hall–Kier alpha value is -2.05. The second kappa shape index (κ2) is 1.97. The second-order valence-electron chi connectivity index (χ2n) is 2.25. The lowest BCUT2D eigenvalue weighted by atomic mass is 10.5. The van der Waals surface area contributed by atoms with Gasteiger partial charge in [0.2, 0.25) is 12.3 Å². The van der Waals surface area contributed by atoms with Crippen LogP contribution in [0.3, 0.4) is 0 Å². The SMILES string of the molecule is Nc1nc2[nH]c[n+]([O-])c2c(=O)[nH]1. The van der Waals surface area contributed by atoms with Crippen molar-refractivity contribution < 1.29 is 4.73 Å². The highest BCUT2D eigenvalue weighted by atomic mass is 16.5. The topological polar surface area (TPSA) is 114 Å². The van der Waals surface area contributed by atoms with E-state index in [-0.39, 0.29) is 17.1 Å². The lowest BCUT2D eigenvalue weighted by Gasteiger charge is -1.94. The summed E-state index contributed by atoms with van der Waals surface area (Å²) in [6, 6.07) is 0. The summed E-state index contributed by atoms with van der Waals surface area (Å²) in [6.07, 6.45) is 1.09. The molecule has 62 valence electrons. The van der Waals surface area contributed by atoms with Gasteiger partial charge in [-0.25, -0.2) is 9.71 Å². The van der Waals surface area contributed by atoms with Gasteiger partial charge < -0.3 is 10.9 Å². The van der Waals surface area contributed by atoms with E-state index in [1.54, 1.807) is 0 Å². The number of nitrogens with two attached hydrogens (primary N) is 1. The third kappa shape index (κ3) is 0.729. The van der Waals surface area contributed by atoms with E-state index in [4.69, 9.17) is 5.73 Å². The molecule has 2 rings (SSSR count). The van der Waals surface area contributed by atoms with E-state index in [0.29, 0.717) is 4.73 Å². The van der Waals surface area contributed by atoms with Gasteiger partial charge in [0.05, 0.1) is 0 Å². The number of hydrogen-bond acceptors (Lipinski definition) is 4. The van der Waals surface area contributed by atoms with Crippen LogP contribution < -0.4 is 16.0 Å². The molecule has 0 unspecified atom stereocenters. The monoisotopic (exact) mass is 167 g/mol. The fourth-order valence-corrected chi connectivity index (χ4v) is 0.974. The van der Waals surface area contributed by atoms with Crippen molar-refractivity contribution in [3.63, 3.8) is 0 Å². The molecule has 4 N–H and O–H groups in total. The van der Waals surface area contributed by atoms with Crippen molar-refractivity contribution in [1.82, 2.24) is 15.0 Å². The summed E-state index contributed by atoms with van der Waals surface area (Å²) >= 11 is 0. The number of imidazole rings is 1. The Balaban J connectivity index is 3.03. The lowest BCUT2D eigenvalue weighted by molar-refractivity contribution is -0.577. The third-order valence-corrected chi connectivity index (χ3v) is 1.45. The molecule has 0 bridgehead atoms. The van der Waals surface area contributed by atoms with Crippen molar-refractivity contribution in [1.29, 1.82) is 0 Å². The van der Waals surface area contributed by atoms with Crippen molar-refractivity contribution in [3.8, 4) is 0 Å². The van der Waals surface area contributed by atoms with E-state index >= 15 is 0 Å². The number of nitrogen functional groups attached to an aromatic ring is 1. The molecular weight excluding hydrogens is 162 g/mol. The number of rotatable bonds is 0. The Morgan fingerprint density at radius 2 is 2.42 bits per heavy atom. The number of anilines is 1. The first-order chi connectivity index (χ1) is 5.68. The molecule has 0 saturated carbocycles. The van der Waals surface area contributed by atoms with Gasteiger partial charge >= 0.3 is 5.56 Å². The van der Waals surface area contributed by atoms with Crippen molar-refractivity contribution >= 4 is 17.1 Å². The molecule has 0 fully saturated rings. The van der Waals surface area contributed by atoms with Gasteiger partial charge in [0.15, 0.2) is 0 Å². The Bertz CT molecular complexity index is 484. The van der Waals surface area contributed by atoms with Crippen molar-refractivity contribution in [2.24, 2.45) is 0 Å². The summed E-state index contributed by atoms with van der Waals surface area (Å²) in [4.78, 5) is 19.5. The second-order valence-corrected chi connectivity index (χ2v) is 2.25. The van der Waals surface area contributed by atoms with Crippen molar-refractivity contribution in [3.05, 3.63) is 21.9 Å². The summed E-state index contributed by atoms with van der Waals surface area (Å²) in [5.41, 5.74) is 4.81. The highest BCUT2D eigenvalue weighted by Crippen LogP contribution is 1.97. The van der Waals surface area contributed by atoms with Gasteiger partial charge in [-0.15, -0.1) is 0 Å². The van der Waals surface area contributed by atoms with E-state index in [0.717, 1.165) is 6.33 Å². The molecule has 12 heavy (non-hydrogen) atoms. The van der Waals surface area contributed by atoms with E-state index in [9.17, 15) is 10.0 Å². The lowest BCUT2D eigenvalue weighted by Crippen LogP contribution is -2.29. The molecule has 2 heterocycles. The number of aromatic amines is 2. The van der Waals surface area contributed by atoms with E-state index in [1.807, 2.05) is 0 Å². The maximum absolute atomic E-state index is 11.1. The number of hydrogen-bond donors (Lipinski definition) is 3. The van der Waals surface area contributed by atoms with Crippen LogP contribution in [-0.2, 0) is 0 Å². The van der Waals surface area contributed by atoms with E-state index in [2.05, 4.69) is 15.0 Å². The number of fused-ring (bicyclic) bond motifs is 1. The molecule has 0 aliphatic heterocycles. The van der Waals surface area contributed by atoms with Crippen LogP contribution in [-0.4, -0.2) is 15.0 Å². The van der Waals surface area contributed by atoms with Gasteiger partial charge in [-0.1, -0.05) is 0 Å². The molecule has 0 aliphatic rings. The molecule has 0 radical (unpaired) electrons. The predicted molar refractivity (Wildman–Crippen MR) is 40.1 cm³/mol. The van der Waals surface area contributed by atoms with Gasteiger partial charge in [-0.05, 0) is 0 Å². The summed E-state index contributed by atoms with van der Waals surface area (Å²) < 4.78 is 0.403. The summed E-state index contributed by atoms with van der Waals surface area (Å²) in [5.74, 6) is -0.0186. The highest BCUT2D eigenvalue weighted by Gasteiger charge is 2.10. The highest BCUT2D eigenvalue weighted by molar-refractivity contribution is 5.65. The summed E-state index contributed by atoms with van der Waals surface area (Å²) in [5, 5.41) is 10.9. The maximum Gasteiger partial charge on any atom is 0.304 e. The van der Waals surface area contributed by atoms with Crippen LogP contribution in [0.4, 0.5) is 5.95 Å². The quantitative estimate of drug-likeness (QED) is 0.326. The molecule has 2 aromatic rings. The molecule has 0 saturated heterocycles. The zero-order valence-electron chi connectivity index (χ0n) is 5.87. The summed E-state index contributed by atoms with van der Waals surface area (Å²) in [7, 11) is 0. The number of nitrogens with one attached hydrogen (secondary N) is 2. The minimum atomic E-state index is -0.547. The van der Waals surface area contributed by atoms with Crippen LogP contribution in [0.2, 0.25) is 0 Å².